The van der Waals surface area contributed by atoms with Crippen molar-refractivity contribution in [2.75, 3.05) is 19.4 Å². The highest BCUT2D eigenvalue weighted by Gasteiger charge is 2.27. The number of fused-ring (bicyclic) bond motifs is 1. The number of benzene rings is 1. The van der Waals surface area contributed by atoms with Crippen molar-refractivity contribution < 1.29 is 9.59 Å². The van der Waals surface area contributed by atoms with Crippen molar-refractivity contribution in [3.63, 3.8) is 0 Å². The number of anilines is 1. The van der Waals surface area contributed by atoms with E-state index in [4.69, 9.17) is 0 Å². The first kappa shape index (κ1) is 16.7. The molecule has 2 amide bonds. The van der Waals surface area contributed by atoms with Gasteiger partial charge >= 0.3 is 0 Å². The summed E-state index contributed by atoms with van der Waals surface area (Å²) in [4.78, 5) is 28.3. The van der Waals surface area contributed by atoms with Crippen LogP contribution in [-0.2, 0) is 17.6 Å². The van der Waals surface area contributed by atoms with Gasteiger partial charge in [0.1, 0.15) is 0 Å². The Morgan fingerprint density at radius 2 is 2.04 bits per heavy atom. The molecule has 0 bridgehead atoms. The number of rotatable bonds is 3. The molecule has 2 aromatic rings. The second-order valence-corrected chi connectivity index (χ2v) is 7.69. The largest absolute Gasteiger partial charge is 0.344 e. The van der Waals surface area contributed by atoms with Crippen LogP contribution in [-0.4, -0.2) is 30.8 Å². The zero-order chi connectivity index (χ0) is 17.3. The molecule has 1 aromatic heterocycles. The van der Waals surface area contributed by atoms with E-state index in [1.54, 1.807) is 30.3 Å². The van der Waals surface area contributed by atoms with Crippen LogP contribution in [0.1, 0.15) is 32.1 Å². The molecule has 1 aliphatic rings. The van der Waals surface area contributed by atoms with Gasteiger partial charge in [0.05, 0.1) is 4.88 Å². The Morgan fingerprint density at radius 1 is 1.25 bits per heavy atom. The minimum atomic E-state index is -0.0325. The summed E-state index contributed by atoms with van der Waals surface area (Å²) < 4.78 is 0. The van der Waals surface area contributed by atoms with Crippen molar-refractivity contribution in [2.24, 2.45) is 5.92 Å². The summed E-state index contributed by atoms with van der Waals surface area (Å²) in [6.07, 6.45) is 2.41. The Labute approximate surface area is 146 Å². The number of carbonyl (C=O) groups is 2. The third-order valence-electron chi connectivity index (χ3n) is 4.36. The van der Waals surface area contributed by atoms with Gasteiger partial charge in [-0.05, 0) is 55.5 Å². The normalized spacial score (nSPS) is 16.4. The fourth-order valence-electron chi connectivity index (χ4n) is 3.04. The van der Waals surface area contributed by atoms with E-state index < -0.39 is 0 Å². The van der Waals surface area contributed by atoms with Crippen LogP contribution in [0.4, 0.5) is 5.69 Å². The lowest BCUT2D eigenvalue weighted by molar-refractivity contribution is -0.120. The molecule has 1 aromatic carbocycles. The smallest absolute Gasteiger partial charge is 0.263 e. The van der Waals surface area contributed by atoms with E-state index in [9.17, 15) is 9.59 Å². The van der Waals surface area contributed by atoms with Crippen LogP contribution >= 0.6 is 11.3 Å². The molecule has 1 atom stereocenters. The van der Waals surface area contributed by atoms with E-state index in [1.165, 1.54) is 4.88 Å². The molecule has 0 radical (unpaired) electrons. The van der Waals surface area contributed by atoms with Gasteiger partial charge in [-0.1, -0.05) is 12.1 Å². The zero-order valence-corrected chi connectivity index (χ0v) is 15.1. The molecule has 0 saturated heterocycles. The number of nitrogens with zero attached hydrogens (tertiary/aromatic N) is 1. The quantitative estimate of drug-likeness (QED) is 0.928. The molecule has 1 unspecified atom stereocenters. The van der Waals surface area contributed by atoms with Gasteiger partial charge in [0, 0.05) is 30.6 Å². The van der Waals surface area contributed by atoms with Gasteiger partial charge in [-0.25, -0.2) is 0 Å². The number of thiophene rings is 1. The summed E-state index contributed by atoms with van der Waals surface area (Å²) in [7, 11) is 3.53. The number of nitrogens with one attached hydrogen (secondary N) is 1. The van der Waals surface area contributed by atoms with Gasteiger partial charge in [-0.3, -0.25) is 9.59 Å². The van der Waals surface area contributed by atoms with E-state index in [0.717, 1.165) is 34.5 Å². The molecule has 0 fully saturated rings. The van der Waals surface area contributed by atoms with Crippen LogP contribution in [0.2, 0.25) is 0 Å². The molecule has 1 N–H and O–H groups in total. The predicted molar refractivity (Wildman–Crippen MR) is 97.7 cm³/mol. The van der Waals surface area contributed by atoms with E-state index in [2.05, 4.69) is 5.32 Å². The third kappa shape index (κ3) is 3.51. The molecule has 1 heterocycles. The maximum Gasteiger partial charge on any atom is 0.263 e. The lowest BCUT2D eigenvalue weighted by atomic mass is 9.87. The Kier molecular flexibility index (Phi) is 4.71. The van der Waals surface area contributed by atoms with Gasteiger partial charge in [0.25, 0.3) is 5.91 Å². The van der Waals surface area contributed by atoms with Gasteiger partial charge < -0.3 is 10.2 Å². The molecule has 126 valence electrons. The lowest BCUT2D eigenvalue weighted by Gasteiger charge is -2.21. The molecule has 24 heavy (non-hydrogen) atoms. The highest BCUT2D eigenvalue weighted by Crippen LogP contribution is 2.33. The summed E-state index contributed by atoms with van der Waals surface area (Å²) in [5.41, 5.74) is 3.13. The van der Waals surface area contributed by atoms with E-state index in [0.29, 0.717) is 6.42 Å². The maximum atomic E-state index is 12.6. The molecule has 5 heteroatoms. The predicted octanol–water partition coefficient (Wildman–Crippen LogP) is 3.50. The van der Waals surface area contributed by atoms with E-state index in [1.807, 2.05) is 37.3 Å². The van der Waals surface area contributed by atoms with Gasteiger partial charge in [-0.2, -0.15) is 0 Å². The van der Waals surface area contributed by atoms with Crippen LogP contribution < -0.4 is 5.32 Å². The van der Waals surface area contributed by atoms with Crippen LogP contribution in [0.15, 0.2) is 30.3 Å². The number of amides is 2. The highest BCUT2D eigenvalue weighted by molar-refractivity contribution is 7.14. The first-order valence-electron chi connectivity index (χ1n) is 8.15. The van der Waals surface area contributed by atoms with E-state index in [-0.39, 0.29) is 17.7 Å². The van der Waals surface area contributed by atoms with Crippen molar-refractivity contribution in [3.8, 4) is 0 Å². The van der Waals surface area contributed by atoms with Gasteiger partial charge in [-0.15, -0.1) is 11.3 Å². The van der Waals surface area contributed by atoms with Crippen LogP contribution in [0.5, 0.6) is 0 Å². The number of carbonyl (C=O) groups excluding carboxylic acids is 2. The first-order chi connectivity index (χ1) is 11.4. The lowest BCUT2D eigenvalue weighted by Crippen LogP contribution is -2.27. The molecule has 0 saturated carbocycles. The SMILES string of the molecule is Cc1cccc(NC(=O)C2CCc3sc(C(=O)N(C)C)cc3C2)c1. The Morgan fingerprint density at radius 3 is 2.75 bits per heavy atom. The van der Waals surface area contributed by atoms with Crippen molar-refractivity contribution >= 4 is 28.8 Å². The second kappa shape index (κ2) is 6.77. The Bertz CT molecular complexity index is 779. The molecular formula is C19H22N2O2S. The standard InChI is InChI=1S/C19H22N2O2S/c1-12-5-4-6-15(9-12)20-18(22)13-7-8-16-14(10-13)11-17(24-16)19(23)21(2)3/h4-6,9,11,13H,7-8,10H2,1-3H3,(H,20,22). The van der Waals surface area contributed by atoms with Crippen LogP contribution in [0.25, 0.3) is 0 Å². The second-order valence-electron chi connectivity index (χ2n) is 6.56. The monoisotopic (exact) mass is 342 g/mol. The maximum absolute atomic E-state index is 12.6. The summed E-state index contributed by atoms with van der Waals surface area (Å²) in [5, 5.41) is 3.02. The van der Waals surface area contributed by atoms with Crippen LogP contribution in [0, 0.1) is 12.8 Å². The summed E-state index contributed by atoms with van der Waals surface area (Å²) in [5.74, 6) is 0.0722. The summed E-state index contributed by atoms with van der Waals surface area (Å²) in [6, 6.07) is 9.82. The average molecular weight is 342 g/mol. The van der Waals surface area contributed by atoms with Crippen molar-refractivity contribution in [1.29, 1.82) is 0 Å². The van der Waals surface area contributed by atoms with Gasteiger partial charge in [0.15, 0.2) is 0 Å². The topological polar surface area (TPSA) is 49.4 Å². The number of hydrogen-bond donors (Lipinski definition) is 1. The highest BCUT2D eigenvalue weighted by atomic mass is 32.1. The Balaban J connectivity index is 1.70. The number of hydrogen-bond acceptors (Lipinski definition) is 3. The van der Waals surface area contributed by atoms with Gasteiger partial charge in [0.2, 0.25) is 5.91 Å². The molecular weight excluding hydrogens is 320 g/mol. The van der Waals surface area contributed by atoms with Crippen molar-refractivity contribution in [1.82, 2.24) is 4.90 Å². The fourth-order valence-corrected chi connectivity index (χ4v) is 4.27. The summed E-state index contributed by atoms with van der Waals surface area (Å²) >= 11 is 1.57. The Hall–Kier alpha value is -2.14. The summed E-state index contributed by atoms with van der Waals surface area (Å²) in [6.45, 7) is 2.01. The van der Waals surface area contributed by atoms with Crippen LogP contribution in [0.3, 0.4) is 0 Å². The third-order valence-corrected chi connectivity index (χ3v) is 5.58. The molecule has 0 spiro atoms. The zero-order valence-electron chi connectivity index (χ0n) is 14.3. The minimum absolute atomic E-state index is 0.0325. The molecule has 0 aliphatic heterocycles. The molecule has 4 nitrogen and oxygen atoms in total. The molecule has 1 aliphatic carbocycles. The fraction of sp³-hybridized carbons (Fsp3) is 0.368. The average Bonchev–Trinajstić information content (AvgIpc) is 2.96. The van der Waals surface area contributed by atoms with Crippen molar-refractivity contribution in [2.45, 2.75) is 26.2 Å². The first-order valence-corrected chi connectivity index (χ1v) is 8.96. The van der Waals surface area contributed by atoms with E-state index >= 15 is 0 Å². The molecule has 3 rings (SSSR count). The minimum Gasteiger partial charge on any atom is -0.344 e. The van der Waals surface area contributed by atoms with Crippen molar-refractivity contribution in [3.05, 3.63) is 51.2 Å². The number of aryl methyl sites for hydroxylation is 2.